The maximum Gasteiger partial charge on any atom is 0.416 e. The molecule has 9 N–H and O–H groups in total. The average molecular weight is 1630 g/mol. The summed E-state index contributed by atoms with van der Waals surface area (Å²) >= 11 is 0. The van der Waals surface area contributed by atoms with Gasteiger partial charge in [0.05, 0.1) is 113 Å². The van der Waals surface area contributed by atoms with Gasteiger partial charge in [0.2, 0.25) is 29.5 Å². The highest BCUT2D eigenvalue weighted by molar-refractivity contribution is 6.13. The van der Waals surface area contributed by atoms with E-state index in [1.54, 1.807) is 83.1 Å². The van der Waals surface area contributed by atoms with E-state index >= 15 is 0 Å². The van der Waals surface area contributed by atoms with E-state index in [1.807, 2.05) is 0 Å². The summed E-state index contributed by atoms with van der Waals surface area (Å²) in [6, 6.07) is 13.1. The minimum absolute atomic E-state index is 0.000440. The number of nitrogens with one attached hydrogen (secondary N) is 5. The van der Waals surface area contributed by atoms with Gasteiger partial charge in [0.25, 0.3) is 23.6 Å². The van der Waals surface area contributed by atoms with Crippen molar-refractivity contribution in [2.75, 3.05) is 109 Å². The second-order valence-electron chi connectivity index (χ2n) is 29.6. The number of imide groups is 1. The fraction of sp³-hybridized carbons (Fsp3) is 0.519. The average Bonchev–Trinajstić information content (AvgIpc) is 1.61. The maximum absolute atomic E-state index is 14.4. The van der Waals surface area contributed by atoms with Crippen LogP contribution in [0.2, 0.25) is 0 Å². The van der Waals surface area contributed by atoms with Gasteiger partial charge in [-0.15, -0.1) is 0 Å². The number of methoxy groups -OCH3 is 3. The number of carbonyl (C=O) groups is 13. The molecule has 5 aliphatic heterocycles. The Labute approximate surface area is 676 Å². The number of anilines is 3. The topological polar surface area (TPSA) is 462 Å². The highest BCUT2D eigenvalue weighted by atomic mass is 16.6. The van der Waals surface area contributed by atoms with Crippen LogP contribution in [0, 0.1) is 17.8 Å². The summed E-state index contributed by atoms with van der Waals surface area (Å²) in [5, 5.41) is 59.0. The Morgan fingerprint density at radius 3 is 1.54 bits per heavy atom. The third kappa shape index (κ3) is 23.6. The van der Waals surface area contributed by atoms with Gasteiger partial charge in [0.1, 0.15) is 31.1 Å². The zero-order valence-corrected chi connectivity index (χ0v) is 66.9. The highest BCUT2D eigenvalue weighted by Gasteiger charge is 2.50. The van der Waals surface area contributed by atoms with Crippen molar-refractivity contribution < 1.29 is 125 Å². The van der Waals surface area contributed by atoms with E-state index in [0.717, 1.165) is 26.9 Å². The summed E-state index contributed by atoms with van der Waals surface area (Å²) in [6.07, 6.45) is -5.76. The fourth-order valence-electron chi connectivity index (χ4n) is 13.8. The molecule has 0 saturated carbocycles. The molecule has 0 spiro atoms. The van der Waals surface area contributed by atoms with Crippen molar-refractivity contribution in [2.45, 2.75) is 161 Å². The standard InChI is InChI=1S/C81H104N10O26/c1-45(2)56(34-53(92)22-28-112-30-24-82-68(96)21-25-87-70(98)19-20-71(87)99)74(101)83-47(5)63(95)33-49-11-13-50(14-12-49)43-116-80(107)90-59-39-66(64(110-8)37-57(59)76(103)88-41-54(93)35-61(88)78(90)105)114-26-10-27-115-67-40-60-58(38-65(67)111-9)77(104)89-42-55(94)36-62(89)79(106)91(60)81(108)117-44-51-15-17-52(18-16-51)85-73(100)48(6)84-75(102)72(46(3)4)86-69(97)23-29-113-32-31-109-7/h11-20,37-40,45-48,54-56,61-62,72,78-79,93-94,105-106H,10,21-36,41-44H2,1-9H3,(H,82,96)(H,83,101)(H,84,102)(H,85,100)(H,86,97)/t47-,48-,54?,55?,56-,61-,62-,72-,78?,79?/m0/s1. The molecular weight excluding hydrogens is 1530 g/mol. The van der Waals surface area contributed by atoms with E-state index < -0.39 is 120 Å². The number of fused-ring (bicyclic) bond motifs is 4. The SMILES string of the molecule is COCCOCCC(=O)N[C@H](C(=O)N[C@@H](C)C(=O)Nc1ccc(COC(=O)N2c3cc(OCCCOc4cc5c(cc4OC)C(=O)N4CC(O)C[C@H]4C(O)N5C(=O)OCc4ccc(CC(=O)[C@H](C)NC(=O)[C@@H](CC(=O)CCOCCNC(=O)CCN5C(=O)C=CC5=O)C(C)C)cc4)c(OC)cc3C(=O)N3CC(O)C[C@H]3C2O)cc1)C(C)C. The smallest absolute Gasteiger partial charge is 0.416 e. The van der Waals surface area contributed by atoms with Crippen LogP contribution in [-0.4, -0.2) is 261 Å². The van der Waals surface area contributed by atoms with E-state index in [-0.39, 0.29) is 199 Å². The number of aliphatic hydroxyl groups excluding tert-OH is 4. The lowest BCUT2D eigenvalue weighted by molar-refractivity contribution is -0.137. The van der Waals surface area contributed by atoms with Gasteiger partial charge in [-0.05, 0) is 79.5 Å². The number of aliphatic hydroxyl groups is 4. The third-order valence-corrected chi connectivity index (χ3v) is 20.4. The van der Waals surface area contributed by atoms with Crippen molar-refractivity contribution in [1.29, 1.82) is 0 Å². The number of hydrogen-bond donors (Lipinski definition) is 9. The first-order valence-corrected chi connectivity index (χ1v) is 38.7. The minimum atomic E-state index is -1.74. The molecule has 117 heavy (non-hydrogen) atoms. The van der Waals surface area contributed by atoms with Gasteiger partial charge in [0, 0.05) is 108 Å². The second-order valence-corrected chi connectivity index (χ2v) is 29.6. The zero-order chi connectivity index (χ0) is 84.9. The molecule has 5 aliphatic rings. The number of Topliss-reactive ketones (excluding diaryl/α,β-unsaturated/α-hetero) is 2. The highest BCUT2D eigenvalue weighted by Crippen LogP contribution is 2.44. The largest absolute Gasteiger partial charge is 0.493 e. The Kier molecular flexibility index (Phi) is 32.3. The van der Waals surface area contributed by atoms with Crippen LogP contribution in [0.5, 0.6) is 23.0 Å². The van der Waals surface area contributed by atoms with Crippen molar-refractivity contribution in [3.63, 3.8) is 0 Å². The lowest BCUT2D eigenvalue weighted by Crippen LogP contribution is -2.53. The molecule has 0 radical (unpaired) electrons. The van der Waals surface area contributed by atoms with Gasteiger partial charge in [-0.2, -0.15) is 0 Å². The van der Waals surface area contributed by atoms with Crippen LogP contribution in [-0.2, 0) is 86.5 Å². The molecule has 634 valence electrons. The van der Waals surface area contributed by atoms with Crippen molar-refractivity contribution in [2.24, 2.45) is 17.8 Å². The second kappa shape index (κ2) is 42.1. The predicted octanol–water partition coefficient (Wildman–Crippen LogP) is 2.98. The number of amides is 11. The molecule has 11 amide bonds. The lowest BCUT2D eigenvalue weighted by atomic mass is 9.88. The Balaban J connectivity index is 0.782. The Bertz CT molecular complexity index is 4260. The Hall–Kier alpha value is -11.2. The molecule has 10 atom stereocenters. The summed E-state index contributed by atoms with van der Waals surface area (Å²) in [5.41, 5.74) is 1.40. The molecule has 0 aliphatic carbocycles. The van der Waals surface area contributed by atoms with Crippen LogP contribution < -0.4 is 55.3 Å². The van der Waals surface area contributed by atoms with Crippen LogP contribution in [0.15, 0.2) is 84.9 Å². The van der Waals surface area contributed by atoms with Gasteiger partial charge < -0.3 is 99.4 Å². The van der Waals surface area contributed by atoms with Crippen LogP contribution >= 0.6 is 0 Å². The summed E-state index contributed by atoms with van der Waals surface area (Å²) in [6.45, 7) is 9.87. The zero-order valence-electron chi connectivity index (χ0n) is 66.9. The van der Waals surface area contributed by atoms with E-state index in [4.69, 9.17) is 42.6 Å². The first-order chi connectivity index (χ1) is 55.9. The first-order valence-electron chi connectivity index (χ1n) is 38.7. The molecule has 5 heterocycles. The molecule has 0 aromatic heterocycles. The molecule has 4 unspecified atom stereocenters. The number of hydrogen-bond acceptors (Lipinski definition) is 26. The molecule has 0 bridgehead atoms. The van der Waals surface area contributed by atoms with Crippen molar-refractivity contribution in [3.05, 3.63) is 113 Å². The quantitative estimate of drug-likeness (QED) is 0.0228. The molecule has 4 aromatic carbocycles. The van der Waals surface area contributed by atoms with Crippen molar-refractivity contribution >= 4 is 94.0 Å². The Morgan fingerprint density at radius 1 is 0.521 bits per heavy atom. The number of nitrogens with zero attached hydrogens (tertiary/aromatic N) is 5. The molecule has 2 fully saturated rings. The molecule has 9 rings (SSSR count). The van der Waals surface area contributed by atoms with Gasteiger partial charge >= 0.3 is 12.2 Å². The molecule has 36 heteroatoms. The third-order valence-electron chi connectivity index (χ3n) is 20.4. The van der Waals surface area contributed by atoms with Gasteiger partial charge in [-0.25, -0.2) is 19.4 Å². The monoisotopic (exact) mass is 1630 g/mol. The van der Waals surface area contributed by atoms with Crippen LogP contribution in [0.25, 0.3) is 0 Å². The number of rotatable bonds is 41. The molecule has 36 nitrogen and oxygen atoms in total. The van der Waals surface area contributed by atoms with Crippen molar-refractivity contribution in [3.8, 4) is 23.0 Å². The number of ketones is 2. The van der Waals surface area contributed by atoms with Crippen LogP contribution in [0.1, 0.15) is 124 Å². The van der Waals surface area contributed by atoms with E-state index in [9.17, 15) is 82.8 Å². The number of benzene rings is 4. The van der Waals surface area contributed by atoms with E-state index in [2.05, 4.69) is 26.6 Å². The predicted molar refractivity (Wildman–Crippen MR) is 416 cm³/mol. The normalized spacial score (nSPS) is 19.1. The fourth-order valence-corrected chi connectivity index (χ4v) is 13.8. The van der Waals surface area contributed by atoms with E-state index in [1.165, 1.54) is 62.3 Å². The summed E-state index contributed by atoms with van der Waals surface area (Å²) < 4.78 is 51.2. The van der Waals surface area contributed by atoms with Gasteiger partial charge in [-0.1, -0.05) is 64.1 Å². The summed E-state index contributed by atoms with van der Waals surface area (Å²) in [4.78, 5) is 178. The Morgan fingerprint density at radius 2 is 1.03 bits per heavy atom. The summed E-state index contributed by atoms with van der Waals surface area (Å²) in [7, 11) is 4.19. The van der Waals surface area contributed by atoms with Gasteiger partial charge in [0.15, 0.2) is 41.2 Å². The van der Waals surface area contributed by atoms with E-state index in [0.29, 0.717) is 35.6 Å². The molecular formula is C81H104N10O26. The number of ether oxygens (including phenoxy) is 9. The van der Waals surface area contributed by atoms with Crippen LogP contribution in [0.3, 0.4) is 0 Å². The lowest BCUT2D eigenvalue weighted by Gasteiger charge is -2.31. The number of carbonyl (C=O) groups excluding carboxylic acids is 13. The van der Waals surface area contributed by atoms with Crippen molar-refractivity contribution in [1.82, 2.24) is 36.0 Å². The molecule has 4 aromatic rings. The molecule has 2 saturated heterocycles. The summed E-state index contributed by atoms with van der Waals surface area (Å²) in [5.74, 6) is -6.37. The minimum Gasteiger partial charge on any atom is -0.493 e. The first kappa shape index (κ1) is 89.8. The van der Waals surface area contributed by atoms with Crippen LogP contribution in [0.4, 0.5) is 26.7 Å². The van der Waals surface area contributed by atoms with Gasteiger partial charge in [-0.3, -0.25) is 57.6 Å². The maximum atomic E-state index is 14.4.